The molecule has 1 rings (SSSR count). The minimum Gasteiger partial charge on any atom is -0.395 e. The maximum Gasteiger partial charge on any atom is 0.0716 e. The van der Waals surface area contributed by atoms with Crippen molar-refractivity contribution in [2.45, 2.75) is 25.0 Å². The number of aliphatic hydroxyl groups excluding tert-OH is 2. The minimum absolute atomic E-state index is 0. The van der Waals surface area contributed by atoms with Gasteiger partial charge >= 0.3 is 0 Å². The van der Waals surface area contributed by atoms with Crippen LogP contribution in [0.1, 0.15) is 12.8 Å². The number of hydrogen-bond donors (Lipinski definition) is 3. The highest BCUT2D eigenvalue weighted by molar-refractivity contribution is 5.85. The lowest BCUT2D eigenvalue weighted by molar-refractivity contribution is 0.0649. The van der Waals surface area contributed by atoms with E-state index in [4.69, 9.17) is 10.2 Å². The Balaban J connectivity index is 0.000000810. The molecule has 10 heavy (non-hydrogen) atoms. The second kappa shape index (κ2) is 4.91. The van der Waals surface area contributed by atoms with Crippen molar-refractivity contribution in [3.63, 3.8) is 0 Å². The van der Waals surface area contributed by atoms with Crippen LogP contribution in [0.25, 0.3) is 0 Å². The summed E-state index contributed by atoms with van der Waals surface area (Å²) in [5.41, 5.74) is 0. The highest BCUT2D eigenvalue weighted by Crippen LogP contribution is 2.06. The Labute approximate surface area is 66.8 Å². The molecule has 0 radical (unpaired) electrons. The summed E-state index contributed by atoms with van der Waals surface area (Å²) in [4.78, 5) is 0. The van der Waals surface area contributed by atoms with E-state index in [2.05, 4.69) is 5.32 Å². The smallest absolute Gasteiger partial charge is 0.0716 e. The van der Waals surface area contributed by atoms with Gasteiger partial charge in [-0.3, -0.25) is 0 Å². The first-order valence-corrected chi connectivity index (χ1v) is 3.37. The molecule has 0 aromatic heterocycles. The van der Waals surface area contributed by atoms with Gasteiger partial charge in [0.2, 0.25) is 0 Å². The second-order valence-corrected chi connectivity index (χ2v) is 2.45. The van der Waals surface area contributed by atoms with Gasteiger partial charge in [0, 0.05) is 0 Å². The largest absolute Gasteiger partial charge is 0.395 e. The average Bonchev–Trinajstić information content (AvgIpc) is 1.89. The lowest BCUT2D eigenvalue weighted by Crippen LogP contribution is -2.46. The molecule has 0 spiro atoms. The monoisotopic (exact) mass is 167 g/mol. The molecule has 2 unspecified atom stereocenters. The summed E-state index contributed by atoms with van der Waals surface area (Å²) in [6.45, 7) is 0.962. The van der Waals surface area contributed by atoms with Crippen molar-refractivity contribution in [3.05, 3.63) is 0 Å². The zero-order chi connectivity index (χ0) is 6.69. The zero-order valence-corrected chi connectivity index (χ0v) is 6.60. The molecule has 1 saturated heterocycles. The molecule has 62 valence electrons. The van der Waals surface area contributed by atoms with Gasteiger partial charge in [-0.2, -0.15) is 0 Å². The molecular weight excluding hydrogens is 154 g/mol. The minimum atomic E-state index is -0.344. The number of hydrogen-bond acceptors (Lipinski definition) is 3. The molecule has 3 nitrogen and oxygen atoms in total. The summed E-state index contributed by atoms with van der Waals surface area (Å²) >= 11 is 0. The first-order valence-electron chi connectivity index (χ1n) is 3.37. The second-order valence-electron chi connectivity index (χ2n) is 2.45. The highest BCUT2D eigenvalue weighted by Gasteiger charge is 2.20. The van der Waals surface area contributed by atoms with Crippen LogP contribution in [0.2, 0.25) is 0 Å². The number of rotatable bonds is 1. The molecule has 1 heterocycles. The molecule has 2 atom stereocenters. The molecule has 0 aliphatic carbocycles. The molecule has 0 amide bonds. The lowest BCUT2D eigenvalue weighted by Gasteiger charge is -2.26. The molecule has 1 aliphatic rings. The maximum absolute atomic E-state index is 9.15. The van der Waals surface area contributed by atoms with Gasteiger partial charge < -0.3 is 15.5 Å². The van der Waals surface area contributed by atoms with Gasteiger partial charge in [0.15, 0.2) is 0 Å². The van der Waals surface area contributed by atoms with Gasteiger partial charge in [-0.25, -0.2) is 0 Å². The first kappa shape index (κ1) is 10.2. The highest BCUT2D eigenvalue weighted by atomic mass is 35.5. The lowest BCUT2D eigenvalue weighted by atomic mass is 10.0. The molecular formula is C6H14ClNO2. The molecule has 4 heteroatoms. The zero-order valence-electron chi connectivity index (χ0n) is 5.79. The topological polar surface area (TPSA) is 52.5 Å². The van der Waals surface area contributed by atoms with Crippen LogP contribution in [-0.2, 0) is 0 Å². The van der Waals surface area contributed by atoms with E-state index < -0.39 is 0 Å². The van der Waals surface area contributed by atoms with Crippen LogP contribution < -0.4 is 5.32 Å². The fourth-order valence-electron chi connectivity index (χ4n) is 1.12. The number of aliphatic hydroxyl groups is 2. The Hall–Kier alpha value is 0.170. The molecule has 0 bridgehead atoms. The fourth-order valence-corrected chi connectivity index (χ4v) is 1.12. The third kappa shape index (κ3) is 2.42. The van der Waals surface area contributed by atoms with Crippen molar-refractivity contribution in [1.29, 1.82) is 0 Å². The summed E-state index contributed by atoms with van der Waals surface area (Å²) in [6.07, 6.45) is 1.49. The molecule has 0 aromatic carbocycles. The normalized spacial score (nSPS) is 33.0. The van der Waals surface area contributed by atoms with Crippen LogP contribution in [0.3, 0.4) is 0 Å². The van der Waals surface area contributed by atoms with Crippen LogP contribution in [0, 0.1) is 0 Å². The van der Waals surface area contributed by atoms with Crippen molar-refractivity contribution < 1.29 is 10.2 Å². The van der Waals surface area contributed by atoms with E-state index in [1.165, 1.54) is 0 Å². The van der Waals surface area contributed by atoms with Crippen molar-refractivity contribution in [1.82, 2.24) is 5.32 Å². The average molecular weight is 168 g/mol. The Bertz CT molecular complexity index is 91.8. The predicted octanol–water partition coefficient (Wildman–Crippen LogP) is -0.487. The van der Waals surface area contributed by atoms with Crippen molar-refractivity contribution in [3.8, 4) is 0 Å². The summed E-state index contributed by atoms with van der Waals surface area (Å²) in [5.74, 6) is 0. The fraction of sp³-hybridized carbons (Fsp3) is 1.00. The summed E-state index contributed by atoms with van der Waals surface area (Å²) in [5, 5.41) is 20.8. The summed E-state index contributed by atoms with van der Waals surface area (Å²) < 4.78 is 0. The number of nitrogens with one attached hydrogen (secondary N) is 1. The van der Waals surface area contributed by atoms with Gasteiger partial charge in [0.25, 0.3) is 0 Å². The predicted molar refractivity (Wildman–Crippen MR) is 41.4 cm³/mol. The molecule has 1 fully saturated rings. The third-order valence-electron chi connectivity index (χ3n) is 1.74. The van der Waals surface area contributed by atoms with E-state index in [1.807, 2.05) is 0 Å². The summed E-state index contributed by atoms with van der Waals surface area (Å²) in [6, 6.07) is -0.0845. The van der Waals surface area contributed by atoms with Crippen LogP contribution in [0.15, 0.2) is 0 Å². The molecule has 3 N–H and O–H groups in total. The van der Waals surface area contributed by atoms with E-state index in [0.717, 1.165) is 19.4 Å². The Morgan fingerprint density at radius 1 is 1.50 bits per heavy atom. The van der Waals surface area contributed by atoms with Crippen molar-refractivity contribution in [2.24, 2.45) is 0 Å². The van der Waals surface area contributed by atoms with Crippen molar-refractivity contribution in [2.75, 3.05) is 13.2 Å². The van der Waals surface area contributed by atoms with Crippen molar-refractivity contribution >= 4 is 12.4 Å². The van der Waals surface area contributed by atoms with E-state index in [9.17, 15) is 0 Å². The third-order valence-corrected chi connectivity index (χ3v) is 1.74. The molecule has 0 saturated carbocycles. The van der Waals surface area contributed by atoms with E-state index >= 15 is 0 Å². The van der Waals surface area contributed by atoms with Crippen LogP contribution in [0.4, 0.5) is 0 Å². The van der Waals surface area contributed by atoms with Crippen LogP contribution in [-0.4, -0.2) is 35.5 Å². The van der Waals surface area contributed by atoms with E-state index in [0.29, 0.717) is 0 Å². The van der Waals surface area contributed by atoms with E-state index in [1.54, 1.807) is 0 Å². The van der Waals surface area contributed by atoms with Crippen LogP contribution >= 0.6 is 12.4 Å². The maximum atomic E-state index is 9.15. The number of piperidine rings is 1. The van der Waals surface area contributed by atoms with Gasteiger partial charge in [-0.05, 0) is 19.4 Å². The Morgan fingerprint density at radius 2 is 2.20 bits per heavy atom. The van der Waals surface area contributed by atoms with Crippen LogP contribution in [0.5, 0.6) is 0 Å². The molecule has 0 aromatic rings. The SMILES string of the molecule is Cl.OCC1NCCCC1O. The summed E-state index contributed by atoms with van der Waals surface area (Å²) in [7, 11) is 0. The van der Waals surface area contributed by atoms with E-state index in [-0.39, 0.29) is 31.2 Å². The first-order chi connectivity index (χ1) is 4.34. The standard InChI is InChI=1S/C6H13NO2.ClH/c8-4-5-6(9)2-1-3-7-5;/h5-9H,1-4H2;1H. The number of halogens is 1. The van der Waals surface area contributed by atoms with Gasteiger partial charge in [0.05, 0.1) is 18.8 Å². The van der Waals surface area contributed by atoms with Gasteiger partial charge in [-0.15, -0.1) is 12.4 Å². The van der Waals surface area contributed by atoms with Gasteiger partial charge in [-0.1, -0.05) is 0 Å². The Kier molecular flexibility index (Phi) is 4.99. The quantitative estimate of drug-likeness (QED) is 0.494. The molecule has 1 aliphatic heterocycles. The van der Waals surface area contributed by atoms with Gasteiger partial charge in [0.1, 0.15) is 0 Å². The Morgan fingerprint density at radius 3 is 2.60 bits per heavy atom.